The molecule has 0 aromatic heterocycles. The van der Waals surface area contributed by atoms with E-state index in [0.717, 1.165) is 10.5 Å². The van der Waals surface area contributed by atoms with Crippen molar-refractivity contribution in [2.75, 3.05) is 10.0 Å². The van der Waals surface area contributed by atoms with Crippen molar-refractivity contribution < 1.29 is 13.2 Å². The Morgan fingerprint density at radius 3 is 2.29 bits per heavy atom. The summed E-state index contributed by atoms with van der Waals surface area (Å²) >= 11 is 7.37. The third kappa shape index (κ3) is 6.50. The predicted octanol–water partition coefficient (Wildman–Crippen LogP) is 5.96. The van der Waals surface area contributed by atoms with E-state index in [1.165, 1.54) is 23.9 Å². The molecular formula is C23H23ClN2O3S2. The van der Waals surface area contributed by atoms with Gasteiger partial charge in [-0.2, -0.15) is 0 Å². The molecule has 8 heteroatoms. The van der Waals surface area contributed by atoms with Crippen LogP contribution >= 0.6 is 23.4 Å². The van der Waals surface area contributed by atoms with Crippen molar-refractivity contribution in [3.05, 3.63) is 83.4 Å². The lowest BCUT2D eigenvalue weighted by Crippen LogP contribution is -2.24. The Balaban J connectivity index is 1.66. The minimum atomic E-state index is -3.72. The number of sulfonamides is 1. The molecule has 0 saturated heterocycles. The second-order valence-corrected chi connectivity index (χ2v) is 10.4. The molecule has 0 radical (unpaired) electrons. The maximum atomic E-state index is 12.7. The van der Waals surface area contributed by atoms with Gasteiger partial charge in [-0.15, -0.1) is 11.8 Å². The Hall–Kier alpha value is -2.48. The molecule has 0 aliphatic heterocycles. The smallest absolute Gasteiger partial charge is 0.261 e. The van der Waals surface area contributed by atoms with Crippen molar-refractivity contribution in [2.45, 2.75) is 35.3 Å². The fourth-order valence-corrected chi connectivity index (χ4v) is 4.99. The van der Waals surface area contributed by atoms with Crippen molar-refractivity contribution in [1.29, 1.82) is 0 Å². The molecule has 0 spiro atoms. The number of benzene rings is 3. The van der Waals surface area contributed by atoms with Crippen molar-refractivity contribution in [3.8, 4) is 0 Å². The van der Waals surface area contributed by atoms with Gasteiger partial charge < -0.3 is 5.32 Å². The molecule has 3 rings (SSSR count). The van der Waals surface area contributed by atoms with Crippen LogP contribution in [0.2, 0.25) is 5.02 Å². The minimum absolute atomic E-state index is 0.120. The summed E-state index contributed by atoms with van der Waals surface area (Å²) in [7, 11) is -3.72. The lowest BCUT2D eigenvalue weighted by atomic mass is 10.2. The zero-order valence-electron chi connectivity index (χ0n) is 17.1. The molecule has 0 saturated carbocycles. The van der Waals surface area contributed by atoms with Crippen LogP contribution in [0.4, 0.5) is 11.4 Å². The average molecular weight is 475 g/mol. The first-order valence-corrected chi connectivity index (χ1v) is 12.4. The van der Waals surface area contributed by atoms with Crippen LogP contribution in [0.25, 0.3) is 0 Å². The van der Waals surface area contributed by atoms with Gasteiger partial charge in [0, 0.05) is 21.3 Å². The van der Waals surface area contributed by atoms with Gasteiger partial charge in [0.1, 0.15) is 0 Å². The number of carbonyl (C=O) groups is 1. The number of thioether (sulfide) groups is 1. The third-order valence-electron chi connectivity index (χ3n) is 4.46. The number of carbonyl (C=O) groups excluding carboxylic acids is 1. The fourth-order valence-electron chi connectivity index (χ4n) is 2.86. The van der Waals surface area contributed by atoms with Gasteiger partial charge in [0.05, 0.1) is 10.1 Å². The van der Waals surface area contributed by atoms with E-state index < -0.39 is 10.0 Å². The zero-order valence-corrected chi connectivity index (χ0v) is 19.5. The monoisotopic (exact) mass is 474 g/mol. The van der Waals surface area contributed by atoms with Crippen LogP contribution in [0.5, 0.6) is 0 Å². The van der Waals surface area contributed by atoms with Crippen LogP contribution in [0.1, 0.15) is 18.9 Å². The van der Waals surface area contributed by atoms with Gasteiger partial charge in [0.2, 0.25) is 5.91 Å². The molecule has 0 unspecified atom stereocenters. The average Bonchev–Trinajstić information content (AvgIpc) is 2.73. The molecule has 5 nitrogen and oxygen atoms in total. The van der Waals surface area contributed by atoms with Gasteiger partial charge in [-0.3, -0.25) is 9.52 Å². The van der Waals surface area contributed by atoms with E-state index in [2.05, 4.69) is 10.0 Å². The molecule has 0 bridgehead atoms. The van der Waals surface area contributed by atoms with E-state index in [9.17, 15) is 13.2 Å². The summed E-state index contributed by atoms with van der Waals surface area (Å²) < 4.78 is 27.8. The van der Waals surface area contributed by atoms with Crippen LogP contribution in [-0.2, 0) is 14.8 Å². The summed E-state index contributed by atoms with van der Waals surface area (Å²) in [6.07, 6.45) is 0.645. The molecule has 0 aliphatic carbocycles. The molecule has 1 amide bonds. The first kappa shape index (κ1) is 23.2. The zero-order chi connectivity index (χ0) is 22.4. The maximum absolute atomic E-state index is 12.7. The molecule has 31 heavy (non-hydrogen) atoms. The van der Waals surface area contributed by atoms with Crippen molar-refractivity contribution >= 4 is 50.7 Å². The van der Waals surface area contributed by atoms with Crippen molar-refractivity contribution in [2.24, 2.45) is 0 Å². The number of amides is 1. The summed E-state index contributed by atoms with van der Waals surface area (Å²) in [6, 6.07) is 20.6. The molecular weight excluding hydrogens is 452 g/mol. The maximum Gasteiger partial charge on any atom is 0.261 e. The van der Waals surface area contributed by atoms with E-state index >= 15 is 0 Å². The number of anilines is 2. The Kier molecular flexibility index (Phi) is 7.64. The van der Waals surface area contributed by atoms with Crippen LogP contribution in [0, 0.1) is 6.92 Å². The lowest BCUT2D eigenvalue weighted by molar-refractivity contribution is -0.115. The van der Waals surface area contributed by atoms with Crippen molar-refractivity contribution in [1.82, 2.24) is 0 Å². The van der Waals surface area contributed by atoms with E-state index in [1.807, 2.05) is 32.0 Å². The number of aryl methyl sites for hydroxylation is 1. The van der Waals surface area contributed by atoms with Crippen LogP contribution in [0.3, 0.4) is 0 Å². The van der Waals surface area contributed by atoms with Gasteiger partial charge in [0.15, 0.2) is 0 Å². The summed E-state index contributed by atoms with van der Waals surface area (Å²) in [5.41, 5.74) is 2.00. The Bertz CT molecular complexity index is 1150. The van der Waals surface area contributed by atoms with E-state index in [1.54, 1.807) is 42.5 Å². The molecule has 3 aromatic rings. The van der Waals surface area contributed by atoms with E-state index in [-0.39, 0.29) is 16.1 Å². The van der Waals surface area contributed by atoms with Crippen LogP contribution in [0.15, 0.2) is 82.6 Å². The normalized spacial score (nSPS) is 12.2. The first-order valence-electron chi connectivity index (χ1n) is 9.69. The summed E-state index contributed by atoms with van der Waals surface area (Å²) in [5, 5.41) is 3.22. The highest BCUT2D eigenvalue weighted by Crippen LogP contribution is 2.28. The largest absolute Gasteiger partial charge is 0.325 e. The highest BCUT2D eigenvalue weighted by atomic mass is 35.5. The number of nitrogens with one attached hydrogen (secondary N) is 2. The number of halogens is 1. The Labute approximate surface area is 192 Å². The number of hydrogen-bond acceptors (Lipinski definition) is 4. The number of rotatable bonds is 8. The Morgan fingerprint density at radius 2 is 1.68 bits per heavy atom. The standard InChI is InChI=1S/C23H23ClN2O3S2/c1-3-22(30-20-11-7-17(24)8-12-20)23(27)25-18-9-13-21(14-10-18)31(28,29)26-19-6-4-5-16(2)15-19/h4-15,22,26H,3H2,1-2H3,(H,25,27)/t22-/m0/s1. The van der Waals surface area contributed by atoms with Gasteiger partial charge in [0.25, 0.3) is 10.0 Å². The molecule has 3 aromatic carbocycles. The number of hydrogen-bond donors (Lipinski definition) is 2. The van der Waals surface area contributed by atoms with Crippen LogP contribution < -0.4 is 10.0 Å². The van der Waals surface area contributed by atoms with E-state index in [4.69, 9.17) is 11.6 Å². The molecule has 2 N–H and O–H groups in total. The second-order valence-electron chi connectivity index (χ2n) is 6.96. The third-order valence-corrected chi connectivity index (χ3v) is 7.48. The van der Waals surface area contributed by atoms with Gasteiger partial charge >= 0.3 is 0 Å². The Morgan fingerprint density at radius 1 is 1.00 bits per heavy atom. The van der Waals surface area contributed by atoms with Gasteiger partial charge in [-0.25, -0.2) is 8.42 Å². The molecule has 0 heterocycles. The molecule has 0 aliphatic rings. The van der Waals surface area contributed by atoms with E-state index in [0.29, 0.717) is 22.8 Å². The minimum Gasteiger partial charge on any atom is -0.325 e. The molecule has 162 valence electrons. The summed E-state index contributed by atoms with van der Waals surface area (Å²) in [5.74, 6) is -0.143. The summed E-state index contributed by atoms with van der Waals surface area (Å²) in [4.78, 5) is 13.8. The van der Waals surface area contributed by atoms with Gasteiger partial charge in [-0.05, 0) is 79.6 Å². The second kappa shape index (κ2) is 10.2. The highest BCUT2D eigenvalue weighted by molar-refractivity contribution is 8.00. The SMILES string of the molecule is CC[C@H](Sc1ccc(Cl)cc1)C(=O)Nc1ccc(S(=O)(=O)Nc2cccc(C)c2)cc1. The first-order chi connectivity index (χ1) is 14.8. The van der Waals surface area contributed by atoms with Crippen LogP contribution in [-0.4, -0.2) is 19.6 Å². The lowest BCUT2D eigenvalue weighted by Gasteiger charge is -2.15. The summed E-state index contributed by atoms with van der Waals surface area (Å²) in [6.45, 7) is 3.84. The fraction of sp³-hybridized carbons (Fsp3) is 0.174. The van der Waals surface area contributed by atoms with Gasteiger partial charge in [-0.1, -0.05) is 30.7 Å². The highest BCUT2D eigenvalue weighted by Gasteiger charge is 2.19. The molecule has 0 fully saturated rings. The topological polar surface area (TPSA) is 75.3 Å². The molecule has 1 atom stereocenters. The predicted molar refractivity (Wildman–Crippen MR) is 128 cm³/mol. The quantitative estimate of drug-likeness (QED) is 0.395. The van der Waals surface area contributed by atoms with Crippen molar-refractivity contribution in [3.63, 3.8) is 0 Å².